The normalized spacial score (nSPS) is 12.4. The topological polar surface area (TPSA) is 29.1 Å². The SMILES string of the molecule is CC(C(=O)NCc1ccccc1)C(C)(C)C.CC(C)C. The molecule has 114 valence electrons. The average molecular weight is 277 g/mol. The van der Waals surface area contributed by atoms with Crippen LogP contribution in [-0.2, 0) is 11.3 Å². The monoisotopic (exact) mass is 277 g/mol. The summed E-state index contributed by atoms with van der Waals surface area (Å²) in [6, 6.07) is 9.97. The lowest BCUT2D eigenvalue weighted by Crippen LogP contribution is -2.35. The maximum absolute atomic E-state index is 11.9. The highest BCUT2D eigenvalue weighted by atomic mass is 16.1. The van der Waals surface area contributed by atoms with E-state index in [0.717, 1.165) is 11.5 Å². The summed E-state index contributed by atoms with van der Waals surface area (Å²) in [6.07, 6.45) is 0. The molecule has 0 spiro atoms. The molecule has 1 aromatic carbocycles. The van der Waals surface area contributed by atoms with Crippen LogP contribution in [0.5, 0.6) is 0 Å². The van der Waals surface area contributed by atoms with E-state index in [9.17, 15) is 4.79 Å². The minimum atomic E-state index is 0.0147. The molecule has 0 heterocycles. The summed E-state index contributed by atoms with van der Waals surface area (Å²) in [5.41, 5.74) is 1.15. The van der Waals surface area contributed by atoms with E-state index in [1.807, 2.05) is 37.3 Å². The molecule has 0 saturated heterocycles. The van der Waals surface area contributed by atoms with Gasteiger partial charge < -0.3 is 5.32 Å². The number of rotatable bonds is 3. The Morgan fingerprint density at radius 3 is 1.90 bits per heavy atom. The third-order valence-corrected chi connectivity index (χ3v) is 3.00. The Labute approximate surface area is 125 Å². The summed E-state index contributed by atoms with van der Waals surface area (Å²) >= 11 is 0. The molecule has 1 unspecified atom stereocenters. The van der Waals surface area contributed by atoms with E-state index in [4.69, 9.17) is 0 Å². The van der Waals surface area contributed by atoms with Crippen LogP contribution in [0.2, 0.25) is 0 Å². The van der Waals surface area contributed by atoms with E-state index < -0.39 is 0 Å². The second-order valence-corrected chi connectivity index (χ2v) is 7.02. The van der Waals surface area contributed by atoms with Crippen LogP contribution in [-0.4, -0.2) is 5.91 Å². The van der Waals surface area contributed by atoms with Gasteiger partial charge in [-0.2, -0.15) is 0 Å². The highest BCUT2D eigenvalue weighted by Gasteiger charge is 2.26. The van der Waals surface area contributed by atoms with Gasteiger partial charge in [0, 0.05) is 12.5 Å². The summed E-state index contributed by atoms with van der Waals surface area (Å²) in [5.74, 6) is 0.979. The van der Waals surface area contributed by atoms with Gasteiger partial charge in [0.25, 0.3) is 0 Å². The zero-order valence-corrected chi connectivity index (χ0v) is 14.2. The third-order valence-electron chi connectivity index (χ3n) is 3.00. The Bertz CT molecular complexity index is 373. The van der Waals surface area contributed by atoms with E-state index in [1.165, 1.54) is 0 Å². The van der Waals surface area contributed by atoms with Crippen molar-refractivity contribution in [3.8, 4) is 0 Å². The molecule has 1 aromatic rings. The van der Waals surface area contributed by atoms with E-state index >= 15 is 0 Å². The first-order chi connectivity index (χ1) is 9.14. The van der Waals surface area contributed by atoms with Crippen molar-refractivity contribution < 1.29 is 4.79 Å². The molecule has 0 aliphatic heterocycles. The van der Waals surface area contributed by atoms with Crippen LogP contribution in [0.1, 0.15) is 54.0 Å². The van der Waals surface area contributed by atoms with Crippen molar-refractivity contribution in [2.45, 2.75) is 55.0 Å². The summed E-state index contributed by atoms with van der Waals surface area (Å²) < 4.78 is 0. The fourth-order valence-corrected chi connectivity index (χ4v) is 1.33. The van der Waals surface area contributed by atoms with Crippen molar-refractivity contribution >= 4 is 5.91 Å². The van der Waals surface area contributed by atoms with E-state index in [1.54, 1.807) is 0 Å². The van der Waals surface area contributed by atoms with Crippen molar-refractivity contribution in [3.63, 3.8) is 0 Å². The highest BCUT2D eigenvalue weighted by molar-refractivity contribution is 5.78. The molecule has 2 heteroatoms. The van der Waals surface area contributed by atoms with Gasteiger partial charge in [0.15, 0.2) is 0 Å². The number of hydrogen-bond donors (Lipinski definition) is 1. The van der Waals surface area contributed by atoms with Crippen molar-refractivity contribution in [2.75, 3.05) is 0 Å². The second kappa shape index (κ2) is 8.78. The van der Waals surface area contributed by atoms with Crippen LogP contribution in [0, 0.1) is 17.3 Å². The van der Waals surface area contributed by atoms with Gasteiger partial charge in [-0.3, -0.25) is 4.79 Å². The Balaban J connectivity index is 0.000000796. The summed E-state index contributed by atoms with van der Waals surface area (Å²) in [5, 5.41) is 2.97. The maximum atomic E-state index is 11.9. The second-order valence-electron chi connectivity index (χ2n) is 7.02. The molecule has 1 amide bonds. The summed E-state index contributed by atoms with van der Waals surface area (Å²) in [4.78, 5) is 11.9. The molecule has 1 atom stereocenters. The number of carbonyl (C=O) groups excluding carboxylic acids is 1. The molecule has 20 heavy (non-hydrogen) atoms. The van der Waals surface area contributed by atoms with Crippen molar-refractivity contribution in [2.24, 2.45) is 17.3 Å². The Kier molecular flexibility index (Phi) is 8.21. The molecular formula is C18H31NO. The lowest BCUT2D eigenvalue weighted by molar-refractivity contribution is -0.127. The molecule has 0 radical (unpaired) electrons. The molecule has 0 aliphatic rings. The molecule has 1 rings (SSSR count). The zero-order valence-electron chi connectivity index (χ0n) is 14.2. The smallest absolute Gasteiger partial charge is 0.223 e. The molecule has 0 aliphatic carbocycles. The van der Waals surface area contributed by atoms with Gasteiger partial charge >= 0.3 is 0 Å². The van der Waals surface area contributed by atoms with Crippen LogP contribution in [0.3, 0.4) is 0 Å². The first-order valence-electron chi connectivity index (χ1n) is 7.46. The number of carbonyl (C=O) groups is 1. The van der Waals surface area contributed by atoms with Gasteiger partial charge in [-0.05, 0) is 16.9 Å². The minimum Gasteiger partial charge on any atom is -0.352 e. The lowest BCUT2D eigenvalue weighted by atomic mass is 9.81. The fraction of sp³-hybridized carbons (Fsp3) is 0.611. The van der Waals surface area contributed by atoms with Crippen molar-refractivity contribution in [3.05, 3.63) is 35.9 Å². The Morgan fingerprint density at radius 1 is 1.05 bits per heavy atom. The number of nitrogens with one attached hydrogen (secondary N) is 1. The largest absolute Gasteiger partial charge is 0.352 e. The molecule has 1 N–H and O–H groups in total. The van der Waals surface area contributed by atoms with Crippen molar-refractivity contribution in [1.82, 2.24) is 5.32 Å². The summed E-state index contributed by atoms with van der Waals surface area (Å²) in [7, 11) is 0. The van der Waals surface area contributed by atoms with Gasteiger partial charge in [-0.15, -0.1) is 0 Å². The predicted octanol–water partition coefficient (Wildman–Crippen LogP) is 4.65. The van der Waals surface area contributed by atoms with Crippen LogP contribution in [0.15, 0.2) is 30.3 Å². The van der Waals surface area contributed by atoms with Gasteiger partial charge in [0.1, 0.15) is 0 Å². The van der Waals surface area contributed by atoms with Crippen LogP contribution < -0.4 is 5.32 Å². The lowest BCUT2D eigenvalue weighted by Gasteiger charge is -2.26. The number of hydrogen-bond acceptors (Lipinski definition) is 1. The van der Waals surface area contributed by atoms with Gasteiger partial charge in [0.05, 0.1) is 0 Å². The molecular weight excluding hydrogens is 246 g/mol. The van der Waals surface area contributed by atoms with Crippen molar-refractivity contribution in [1.29, 1.82) is 0 Å². The van der Waals surface area contributed by atoms with E-state index in [2.05, 4.69) is 46.9 Å². The Morgan fingerprint density at radius 2 is 1.50 bits per heavy atom. The zero-order chi connectivity index (χ0) is 15.8. The molecule has 0 fully saturated rings. The van der Waals surface area contributed by atoms with E-state index in [-0.39, 0.29) is 17.2 Å². The molecule has 2 nitrogen and oxygen atoms in total. The minimum absolute atomic E-state index is 0.0147. The third kappa shape index (κ3) is 8.73. The van der Waals surface area contributed by atoms with Gasteiger partial charge in [-0.1, -0.05) is 78.8 Å². The average Bonchev–Trinajstić information content (AvgIpc) is 2.34. The Hall–Kier alpha value is -1.31. The van der Waals surface area contributed by atoms with Gasteiger partial charge in [0.2, 0.25) is 5.91 Å². The number of amides is 1. The molecule has 0 aromatic heterocycles. The first kappa shape index (κ1) is 18.7. The van der Waals surface area contributed by atoms with Gasteiger partial charge in [-0.25, -0.2) is 0 Å². The van der Waals surface area contributed by atoms with Crippen LogP contribution in [0.4, 0.5) is 0 Å². The predicted molar refractivity (Wildman–Crippen MR) is 87.4 cm³/mol. The number of benzene rings is 1. The molecule has 0 saturated carbocycles. The van der Waals surface area contributed by atoms with Crippen LogP contribution >= 0.6 is 0 Å². The van der Waals surface area contributed by atoms with E-state index in [0.29, 0.717) is 6.54 Å². The van der Waals surface area contributed by atoms with Crippen LogP contribution in [0.25, 0.3) is 0 Å². The fourth-order valence-electron chi connectivity index (χ4n) is 1.33. The quantitative estimate of drug-likeness (QED) is 0.856. The standard InChI is InChI=1S/C14H21NO.C4H10/c1-11(14(2,3)4)13(16)15-10-12-8-6-5-7-9-12;1-4(2)3/h5-9,11H,10H2,1-4H3,(H,15,16);4H,1-3H3. The summed E-state index contributed by atoms with van der Waals surface area (Å²) in [6.45, 7) is 15.3. The highest BCUT2D eigenvalue weighted by Crippen LogP contribution is 2.25. The molecule has 0 bridgehead atoms. The first-order valence-corrected chi connectivity index (χ1v) is 7.46. The maximum Gasteiger partial charge on any atom is 0.223 e.